The zero-order valence-electron chi connectivity index (χ0n) is 9.99. The molecule has 4 heteroatoms. The Balaban J connectivity index is 2.89. The highest BCUT2D eigenvalue weighted by atomic mass is 16.2. The third-order valence-corrected chi connectivity index (χ3v) is 2.31. The number of carbonyl (C=O) groups excluding carboxylic acids is 2. The lowest BCUT2D eigenvalue weighted by molar-refractivity contribution is -0.119. The molecule has 1 aromatic rings. The van der Waals surface area contributed by atoms with Crippen LogP contribution in [0.15, 0.2) is 35.9 Å². The lowest BCUT2D eigenvalue weighted by atomic mass is 10.1. The van der Waals surface area contributed by atoms with Gasteiger partial charge in [-0.15, -0.1) is 0 Å². The molecule has 2 amide bonds. The highest BCUT2D eigenvalue weighted by Crippen LogP contribution is 2.14. The highest BCUT2D eigenvalue weighted by Gasteiger charge is 2.15. The fraction of sp³-hybridized carbons (Fsp3) is 0.231. The molecule has 0 aromatic heterocycles. The smallest absolute Gasteiger partial charge is 0.260 e. The van der Waals surface area contributed by atoms with Crippen LogP contribution in [0.4, 0.5) is 5.69 Å². The van der Waals surface area contributed by atoms with Crippen LogP contribution in [0.2, 0.25) is 0 Å². The number of para-hydroxylation sites is 1. The van der Waals surface area contributed by atoms with Gasteiger partial charge in [-0.25, -0.2) is 0 Å². The molecule has 0 fully saturated rings. The van der Waals surface area contributed by atoms with E-state index >= 15 is 0 Å². The van der Waals surface area contributed by atoms with Gasteiger partial charge >= 0.3 is 0 Å². The van der Waals surface area contributed by atoms with E-state index in [4.69, 9.17) is 5.73 Å². The molecule has 0 saturated heterocycles. The van der Waals surface area contributed by atoms with Crippen molar-refractivity contribution in [2.45, 2.75) is 20.3 Å². The standard InChI is InChI=1S/C13H16N2O2/c1-3-6-10(12(14)16)13(17)15-11-8-5-4-7-9(11)2/h4-8H,3H2,1-2H3,(H2,14,16)(H,15,17)/b10-6+. The van der Waals surface area contributed by atoms with Crippen LogP contribution in [0, 0.1) is 6.92 Å². The first kappa shape index (κ1) is 13.0. The maximum Gasteiger partial charge on any atom is 0.260 e. The second-order valence-electron chi connectivity index (χ2n) is 3.66. The molecule has 0 aliphatic heterocycles. The zero-order chi connectivity index (χ0) is 12.8. The van der Waals surface area contributed by atoms with Gasteiger partial charge in [0.2, 0.25) is 0 Å². The van der Waals surface area contributed by atoms with E-state index in [0.717, 1.165) is 5.56 Å². The molecule has 0 saturated carbocycles. The summed E-state index contributed by atoms with van der Waals surface area (Å²) in [6, 6.07) is 7.35. The first-order valence-corrected chi connectivity index (χ1v) is 5.43. The Labute approximate surface area is 101 Å². The van der Waals surface area contributed by atoms with Gasteiger partial charge in [0, 0.05) is 5.69 Å². The summed E-state index contributed by atoms with van der Waals surface area (Å²) in [6.45, 7) is 3.72. The number of anilines is 1. The molecule has 0 heterocycles. The number of amides is 2. The fourth-order valence-electron chi connectivity index (χ4n) is 1.41. The Morgan fingerprint density at radius 1 is 1.35 bits per heavy atom. The minimum absolute atomic E-state index is 0.00393. The first-order valence-electron chi connectivity index (χ1n) is 5.43. The number of carbonyl (C=O) groups is 2. The third kappa shape index (κ3) is 3.45. The van der Waals surface area contributed by atoms with Gasteiger partial charge in [-0.05, 0) is 25.0 Å². The Morgan fingerprint density at radius 3 is 2.53 bits per heavy atom. The van der Waals surface area contributed by atoms with E-state index in [1.54, 1.807) is 6.07 Å². The molecule has 0 radical (unpaired) electrons. The van der Waals surface area contributed by atoms with Crippen molar-refractivity contribution in [2.24, 2.45) is 5.73 Å². The molecule has 4 nitrogen and oxygen atoms in total. The Bertz CT molecular complexity index is 464. The molecular weight excluding hydrogens is 216 g/mol. The van der Waals surface area contributed by atoms with E-state index in [-0.39, 0.29) is 5.57 Å². The summed E-state index contributed by atoms with van der Waals surface area (Å²) in [5.74, 6) is -1.17. The van der Waals surface area contributed by atoms with Gasteiger partial charge in [-0.2, -0.15) is 0 Å². The van der Waals surface area contributed by atoms with Crippen molar-refractivity contribution in [3.05, 3.63) is 41.5 Å². The number of primary amides is 1. The normalized spacial score (nSPS) is 11.1. The molecule has 90 valence electrons. The van der Waals surface area contributed by atoms with Crippen LogP contribution < -0.4 is 11.1 Å². The second-order valence-corrected chi connectivity index (χ2v) is 3.66. The van der Waals surface area contributed by atoms with Gasteiger partial charge in [0.1, 0.15) is 5.57 Å². The average molecular weight is 232 g/mol. The summed E-state index contributed by atoms with van der Waals surface area (Å²) in [5.41, 5.74) is 6.76. The SMILES string of the molecule is CC/C=C(\C(N)=O)C(=O)Nc1ccccc1C. The van der Waals surface area contributed by atoms with Gasteiger partial charge in [-0.1, -0.05) is 31.2 Å². The van der Waals surface area contributed by atoms with E-state index in [1.807, 2.05) is 32.0 Å². The fourth-order valence-corrected chi connectivity index (χ4v) is 1.41. The summed E-state index contributed by atoms with van der Waals surface area (Å²) < 4.78 is 0. The Hall–Kier alpha value is -2.10. The molecule has 0 aliphatic rings. The van der Waals surface area contributed by atoms with Gasteiger partial charge in [0.15, 0.2) is 0 Å². The molecule has 0 atom stereocenters. The van der Waals surface area contributed by atoms with Crippen molar-refractivity contribution in [3.8, 4) is 0 Å². The predicted molar refractivity (Wildman–Crippen MR) is 67.4 cm³/mol. The van der Waals surface area contributed by atoms with E-state index in [2.05, 4.69) is 5.32 Å². The average Bonchev–Trinajstić information content (AvgIpc) is 2.28. The molecule has 17 heavy (non-hydrogen) atoms. The van der Waals surface area contributed by atoms with Crippen LogP contribution >= 0.6 is 0 Å². The van der Waals surface area contributed by atoms with Crippen molar-refractivity contribution < 1.29 is 9.59 Å². The van der Waals surface area contributed by atoms with E-state index in [1.165, 1.54) is 6.08 Å². The molecule has 1 rings (SSSR count). The van der Waals surface area contributed by atoms with Gasteiger partial charge in [0.25, 0.3) is 11.8 Å². The number of hydrogen-bond acceptors (Lipinski definition) is 2. The lowest BCUT2D eigenvalue weighted by Crippen LogP contribution is -2.26. The maximum absolute atomic E-state index is 11.8. The maximum atomic E-state index is 11.8. The molecular formula is C13H16N2O2. The van der Waals surface area contributed by atoms with Crippen molar-refractivity contribution in [2.75, 3.05) is 5.32 Å². The van der Waals surface area contributed by atoms with E-state index < -0.39 is 11.8 Å². The van der Waals surface area contributed by atoms with E-state index in [9.17, 15) is 9.59 Å². The van der Waals surface area contributed by atoms with Crippen LogP contribution in [0.3, 0.4) is 0 Å². The van der Waals surface area contributed by atoms with Crippen molar-refractivity contribution in [3.63, 3.8) is 0 Å². The van der Waals surface area contributed by atoms with Crippen molar-refractivity contribution in [1.82, 2.24) is 0 Å². The Kier molecular flexibility index (Phi) is 4.46. The molecule has 0 spiro atoms. The zero-order valence-corrected chi connectivity index (χ0v) is 9.99. The number of nitrogens with two attached hydrogens (primary N) is 1. The molecule has 0 bridgehead atoms. The summed E-state index contributed by atoms with van der Waals surface area (Å²) in [5, 5.41) is 2.67. The van der Waals surface area contributed by atoms with Gasteiger partial charge in [-0.3, -0.25) is 9.59 Å². The first-order chi connectivity index (χ1) is 8.06. The molecule has 0 aliphatic carbocycles. The van der Waals surface area contributed by atoms with Crippen LogP contribution in [0.5, 0.6) is 0 Å². The van der Waals surface area contributed by atoms with Gasteiger partial charge < -0.3 is 11.1 Å². The van der Waals surface area contributed by atoms with Crippen LogP contribution in [0.1, 0.15) is 18.9 Å². The topological polar surface area (TPSA) is 72.2 Å². The largest absolute Gasteiger partial charge is 0.365 e. The monoisotopic (exact) mass is 232 g/mol. The van der Waals surface area contributed by atoms with Gasteiger partial charge in [0.05, 0.1) is 0 Å². The quantitative estimate of drug-likeness (QED) is 0.471. The molecule has 3 N–H and O–H groups in total. The third-order valence-electron chi connectivity index (χ3n) is 2.31. The predicted octanol–water partition coefficient (Wildman–Crippen LogP) is 1.76. The Morgan fingerprint density at radius 2 is 2.00 bits per heavy atom. The van der Waals surface area contributed by atoms with Crippen LogP contribution in [0.25, 0.3) is 0 Å². The van der Waals surface area contributed by atoms with Crippen molar-refractivity contribution >= 4 is 17.5 Å². The lowest BCUT2D eigenvalue weighted by Gasteiger charge is -2.08. The number of allylic oxidation sites excluding steroid dienone is 1. The number of hydrogen-bond donors (Lipinski definition) is 2. The minimum Gasteiger partial charge on any atom is -0.365 e. The number of benzene rings is 1. The number of nitrogens with one attached hydrogen (secondary N) is 1. The van der Waals surface area contributed by atoms with Crippen LogP contribution in [-0.4, -0.2) is 11.8 Å². The van der Waals surface area contributed by atoms with E-state index in [0.29, 0.717) is 12.1 Å². The summed E-state index contributed by atoms with van der Waals surface area (Å²) in [4.78, 5) is 22.9. The summed E-state index contributed by atoms with van der Waals surface area (Å²) in [6.07, 6.45) is 2.11. The summed E-state index contributed by atoms with van der Waals surface area (Å²) >= 11 is 0. The minimum atomic E-state index is -0.710. The van der Waals surface area contributed by atoms with Crippen molar-refractivity contribution in [1.29, 1.82) is 0 Å². The molecule has 0 unspecified atom stereocenters. The number of rotatable bonds is 4. The second kappa shape index (κ2) is 5.84. The molecule has 1 aromatic carbocycles. The van der Waals surface area contributed by atoms with Crippen LogP contribution in [-0.2, 0) is 9.59 Å². The number of aryl methyl sites for hydroxylation is 1. The summed E-state index contributed by atoms with van der Waals surface area (Å²) in [7, 11) is 0. The highest BCUT2D eigenvalue weighted by molar-refractivity contribution is 6.22.